The lowest BCUT2D eigenvalue weighted by Crippen LogP contribution is -2.55. The molecule has 0 aromatic heterocycles. The Hall–Kier alpha value is 0.200. The van der Waals surface area contributed by atoms with Gasteiger partial charge in [-0.3, -0.25) is 4.79 Å². The van der Waals surface area contributed by atoms with Crippen LogP contribution in [0.3, 0.4) is 0 Å². The van der Waals surface area contributed by atoms with Crippen molar-refractivity contribution in [2.24, 2.45) is 5.41 Å². The zero-order valence-corrected chi connectivity index (χ0v) is 13.5. The zero-order valence-electron chi connectivity index (χ0n) is 11.3. The van der Waals surface area contributed by atoms with Crippen LogP contribution in [-0.2, 0) is 0 Å². The van der Waals surface area contributed by atoms with Crippen molar-refractivity contribution in [1.29, 1.82) is 0 Å². The summed E-state index contributed by atoms with van der Waals surface area (Å²) < 4.78 is 0.0667. The van der Waals surface area contributed by atoms with E-state index in [0.717, 1.165) is 19.3 Å². The zero-order chi connectivity index (χ0) is 12.8. The number of amides is 1. The van der Waals surface area contributed by atoms with Gasteiger partial charge in [-0.25, -0.2) is 0 Å². The second kappa shape index (κ2) is 6.82. The molecule has 0 fully saturated rings. The van der Waals surface area contributed by atoms with Gasteiger partial charge in [-0.2, -0.15) is 0 Å². The summed E-state index contributed by atoms with van der Waals surface area (Å²) in [6, 6.07) is 0. The third-order valence-electron chi connectivity index (χ3n) is 3.41. The maximum absolute atomic E-state index is 11.4. The van der Waals surface area contributed by atoms with Gasteiger partial charge < -0.3 is 5.32 Å². The molecule has 0 spiro atoms. The molecule has 1 atom stereocenters. The lowest BCUT2D eigenvalue weighted by atomic mass is 9.68. The van der Waals surface area contributed by atoms with Gasteiger partial charge in [0.05, 0.1) is 0 Å². The van der Waals surface area contributed by atoms with Gasteiger partial charge in [0.15, 0.2) is 0 Å². The highest BCUT2D eigenvalue weighted by Crippen LogP contribution is 2.38. The van der Waals surface area contributed by atoms with E-state index in [1.165, 1.54) is 12.8 Å². The standard InChI is InChI=1S/C13H26INO/c1-6-8-10-13(9-7-2,12(3,4)5)15-11(14)16/h6-10H2,1-5H3,(H,15,16). The Labute approximate surface area is 114 Å². The Morgan fingerprint density at radius 3 is 2.00 bits per heavy atom. The molecule has 3 heteroatoms. The van der Waals surface area contributed by atoms with Crippen molar-refractivity contribution in [3.05, 3.63) is 0 Å². The topological polar surface area (TPSA) is 29.1 Å². The Morgan fingerprint density at radius 1 is 1.12 bits per heavy atom. The normalized spacial score (nSPS) is 15.6. The van der Waals surface area contributed by atoms with Gasteiger partial charge in [-0.15, -0.1) is 0 Å². The molecule has 0 aromatic carbocycles. The van der Waals surface area contributed by atoms with E-state index in [1.807, 2.05) is 22.6 Å². The molecule has 0 aliphatic heterocycles. The maximum atomic E-state index is 11.4. The van der Waals surface area contributed by atoms with Crippen molar-refractivity contribution in [2.75, 3.05) is 0 Å². The average molecular weight is 339 g/mol. The van der Waals surface area contributed by atoms with E-state index in [1.54, 1.807) is 0 Å². The first-order valence-electron chi connectivity index (χ1n) is 6.26. The fourth-order valence-electron chi connectivity index (χ4n) is 2.28. The quantitative estimate of drug-likeness (QED) is 0.416. The van der Waals surface area contributed by atoms with Gasteiger partial charge in [0, 0.05) is 28.1 Å². The van der Waals surface area contributed by atoms with Crippen molar-refractivity contribution >= 4 is 26.5 Å². The number of hydrogen-bond acceptors (Lipinski definition) is 1. The number of unbranched alkanes of at least 4 members (excludes halogenated alkanes) is 1. The molecule has 96 valence electrons. The highest BCUT2D eigenvalue weighted by atomic mass is 127. The molecule has 0 radical (unpaired) electrons. The van der Waals surface area contributed by atoms with Crippen LogP contribution in [0.15, 0.2) is 0 Å². The maximum Gasteiger partial charge on any atom is 0.281 e. The van der Waals surface area contributed by atoms with Gasteiger partial charge in [0.25, 0.3) is 3.91 Å². The number of rotatable bonds is 6. The highest BCUT2D eigenvalue weighted by molar-refractivity contribution is 14.1. The summed E-state index contributed by atoms with van der Waals surface area (Å²) in [4.78, 5) is 11.4. The van der Waals surface area contributed by atoms with Gasteiger partial charge in [0.1, 0.15) is 0 Å². The summed E-state index contributed by atoms with van der Waals surface area (Å²) in [6.45, 7) is 11.1. The summed E-state index contributed by atoms with van der Waals surface area (Å²) in [7, 11) is 0. The molecule has 0 rings (SSSR count). The van der Waals surface area contributed by atoms with E-state index in [0.29, 0.717) is 0 Å². The average Bonchev–Trinajstić information content (AvgIpc) is 2.11. The molecule has 2 nitrogen and oxygen atoms in total. The molecule has 0 aromatic rings. The summed E-state index contributed by atoms with van der Waals surface area (Å²) >= 11 is 1.85. The van der Waals surface area contributed by atoms with Crippen LogP contribution in [0.5, 0.6) is 0 Å². The molecule has 1 unspecified atom stereocenters. The fraction of sp³-hybridized carbons (Fsp3) is 0.923. The molecular weight excluding hydrogens is 313 g/mol. The van der Waals surface area contributed by atoms with Gasteiger partial charge in [0.2, 0.25) is 0 Å². The smallest absolute Gasteiger partial charge is 0.281 e. The third-order valence-corrected chi connectivity index (χ3v) is 3.68. The predicted octanol–water partition coefficient (Wildman–Crippen LogP) is 4.91. The molecule has 1 amide bonds. The minimum atomic E-state index is -0.0456. The van der Waals surface area contributed by atoms with Crippen LogP contribution >= 0.6 is 22.6 Å². The largest absolute Gasteiger partial charge is 0.342 e. The fourth-order valence-corrected chi connectivity index (χ4v) is 2.80. The number of carbonyl (C=O) groups excluding carboxylic acids is 1. The Kier molecular flexibility index (Phi) is 6.90. The van der Waals surface area contributed by atoms with Crippen molar-refractivity contribution < 1.29 is 4.79 Å². The van der Waals surface area contributed by atoms with Crippen LogP contribution in [0.1, 0.15) is 66.7 Å². The number of halogens is 1. The Bertz CT molecular complexity index is 222. The van der Waals surface area contributed by atoms with E-state index < -0.39 is 0 Å². The van der Waals surface area contributed by atoms with Crippen LogP contribution in [0, 0.1) is 5.41 Å². The summed E-state index contributed by atoms with van der Waals surface area (Å²) in [5, 5.41) is 3.22. The number of nitrogens with one attached hydrogen (secondary N) is 1. The molecule has 0 aliphatic rings. The van der Waals surface area contributed by atoms with Crippen molar-refractivity contribution in [2.45, 2.75) is 72.3 Å². The van der Waals surface area contributed by atoms with E-state index >= 15 is 0 Å². The van der Waals surface area contributed by atoms with E-state index in [4.69, 9.17) is 0 Å². The monoisotopic (exact) mass is 339 g/mol. The first-order chi connectivity index (χ1) is 7.29. The molecular formula is C13H26INO. The van der Waals surface area contributed by atoms with Crippen LogP contribution in [-0.4, -0.2) is 9.45 Å². The Morgan fingerprint density at radius 2 is 1.69 bits per heavy atom. The van der Waals surface area contributed by atoms with Crippen LogP contribution in [0.2, 0.25) is 0 Å². The van der Waals surface area contributed by atoms with E-state index in [9.17, 15) is 4.79 Å². The molecule has 0 aliphatic carbocycles. The molecule has 0 saturated carbocycles. The van der Waals surface area contributed by atoms with Crippen molar-refractivity contribution in [3.8, 4) is 0 Å². The Balaban J connectivity index is 4.96. The lowest BCUT2D eigenvalue weighted by molar-refractivity contribution is 0.123. The second-order valence-corrected chi connectivity index (χ2v) is 6.56. The first kappa shape index (κ1) is 16.2. The van der Waals surface area contributed by atoms with Gasteiger partial charge >= 0.3 is 0 Å². The molecule has 16 heavy (non-hydrogen) atoms. The summed E-state index contributed by atoms with van der Waals surface area (Å²) in [5.74, 6) is 0. The van der Waals surface area contributed by atoms with Crippen molar-refractivity contribution in [1.82, 2.24) is 5.32 Å². The summed E-state index contributed by atoms with van der Waals surface area (Å²) in [5.41, 5.74) is 0.0645. The van der Waals surface area contributed by atoms with Crippen LogP contribution in [0.25, 0.3) is 0 Å². The molecule has 0 heterocycles. The predicted molar refractivity (Wildman–Crippen MR) is 79.2 cm³/mol. The SMILES string of the molecule is CCCCC(CCC)(NC(=O)I)C(C)(C)C. The third kappa shape index (κ3) is 4.60. The first-order valence-corrected chi connectivity index (χ1v) is 7.34. The summed E-state index contributed by atoms with van der Waals surface area (Å²) in [6.07, 6.45) is 5.60. The highest BCUT2D eigenvalue weighted by Gasteiger charge is 2.41. The lowest BCUT2D eigenvalue weighted by Gasteiger charge is -2.45. The number of hydrogen-bond donors (Lipinski definition) is 1. The minimum absolute atomic E-state index is 0.0456. The van der Waals surface area contributed by atoms with Crippen LogP contribution < -0.4 is 5.32 Å². The van der Waals surface area contributed by atoms with Crippen LogP contribution in [0.4, 0.5) is 4.79 Å². The second-order valence-electron chi connectivity index (χ2n) is 5.58. The van der Waals surface area contributed by atoms with Crippen molar-refractivity contribution in [3.63, 3.8) is 0 Å². The van der Waals surface area contributed by atoms with Gasteiger partial charge in [-0.1, -0.05) is 53.9 Å². The molecule has 0 bridgehead atoms. The van der Waals surface area contributed by atoms with Gasteiger partial charge in [-0.05, 0) is 18.3 Å². The molecule has 1 N–H and O–H groups in total. The minimum Gasteiger partial charge on any atom is -0.342 e. The number of carbonyl (C=O) groups is 1. The molecule has 0 saturated heterocycles. The van der Waals surface area contributed by atoms with E-state index in [-0.39, 0.29) is 14.9 Å². The van der Waals surface area contributed by atoms with E-state index in [2.05, 4.69) is 39.9 Å².